The zero-order chi connectivity index (χ0) is 16.9. The van der Waals surface area contributed by atoms with E-state index in [-0.39, 0.29) is 17.8 Å². The van der Waals surface area contributed by atoms with Gasteiger partial charge in [0.1, 0.15) is 5.82 Å². The Morgan fingerprint density at radius 1 is 1.42 bits per heavy atom. The summed E-state index contributed by atoms with van der Waals surface area (Å²) in [4.78, 5) is 18.2. The maximum absolute atomic E-state index is 13.1. The minimum Gasteiger partial charge on any atom is -0.367 e. The van der Waals surface area contributed by atoms with Crippen molar-refractivity contribution in [3.8, 4) is 0 Å². The molecule has 0 aliphatic carbocycles. The van der Waals surface area contributed by atoms with Crippen molar-refractivity contribution in [2.45, 2.75) is 31.7 Å². The van der Waals surface area contributed by atoms with Crippen LogP contribution in [0.3, 0.4) is 0 Å². The van der Waals surface area contributed by atoms with E-state index in [9.17, 15) is 9.18 Å². The van der Waals surface area contributed by atoms with Gasteiger partial charge in [-0.05, 0) is 30.9 Å². The summed E-state index contributed by atoms with van der Waals surface area (Å²) in [5.41, 5.74) is 1.83. The summed E-state index contributed by atoms with van der Waals surface area (Å²) in [5, 5.41) is 7.29. The van der Waals surface area contributed by atoms with E-state index in [1.54, 1.807) is 10.9 Å². The molecular weight excluding hydrogens is 309 g/mol. The second-order valence-electron chi connectivity index (χ2n) is 6.24. The van der Waals surface area contributed by atoms with E-state index in [1.807, 2.05) is 19.4 Å². The fraction of sp³-hybridized carbons (Fsp3) is 0.471. The predicted octanol–water partition coefficient (Wildman–Crippen LogP) is 1.67. The van der Waals surface area contributed by atoms with Gasteiger partial charge in [0.25, 0.3) is 0 Å². The molecule has 24 heavy (non-hydrogen) atoms. The Hall–Kier alpha value is -2.44. The molecule has 3 heterocycles. The first-order valence-electron chi connectivity index (χ1n) is 8.22. The summed E-state index contributed by atoms with van der Waals surface area (Å²) >= 11 is 0. The van der Waals surface area contributed by atoms with Gasteiger partial charge in [0.2, 0.25) is 5.91 Å². The number of amides is 1. The third-order valence-corrected chi connectivity index (χ3v) is 4.25. The highest BCUT2D eigenvalue weighted by molar-refractivity contribution is 5.76. The fourth-order valence-electron chi connectivity index (χ4n) is 3.05. The van der Waals surface area contributed by atoms with Crippen LogP contribution in [0.5, 0.6) is 0 Å². The van der Waals surface area contributed by atoms with Crippen molar-refractivity contribution < 1.29 is 9.18 Å². The van der Waals surface area contributed by atoms with Crippen molar-refractivity contribution in [2.24, 2.45) is 7.05 Å². The molecule has 0 saturated carbocycles. The van der Waals surface area contributed by atoms with Gasteiger partial charge < -0.3 is 10.2 Å². The average molecular weight is 331 g/mol. The molecule has 1 N–H and O–H groups in total. The second kappa shape index (κ2) is 7.42. The molecule has 3 rings (SSSR count). The van der Waals surface area contributed by atoms with E-state index in [2.05, 4.69) is 20.3 Å². The molecule has 0 bridgehead atoms. The molecule has 1 amide bonds. The van der Waals surface area contributed by atoms with E-state index in [0.717, 1.165) is 37.2 Å². The normalized spacial score (nSPS) is 17.8. The van der Waals surface area contributed by atoms with Gasteiger partial charge >= 0.3 is 0 Å². The van der Waals surface area contributed by atoms with Gasteiger partial charge in [-0.25, -0.2) is 4.39 Å². The minimum atomic E-state index is -0.368. The summed E-state index contributed by atoms with van der Waals surface area (Å²) in [6.45, 7) is 1.77. The molecular formula is C17H22FN5O. The Kier molecular flexibility index (Phi) is 5.08. The fourth-order valence-corrected chi connectivity index (χ4v) is 3.05. The average Bonchev–Trinajstić information content (AvgIpc) is 3.00. The van der Waals surface area contributed by atoms with E-state index in [1.165, 1.54) is 12.3 Å². The number of hydrogen-bond donors (Lipinski definition) is 1. The standard InChI is InChI=1S/C17H22FN5O/c1-22-12-16(10-20-22)23-6-2-3-15(11-23)21-17(24)5-4-13-7-14(18)9-19-8-13/h7-10,12,15H,2-6,11H2,1H3,(H,21,24). The molecule has 1 saturated heterocycles. The maximum atomic E-state index is 13.1. The van der Waals surface area contributed by atoms with Crippen LogP contribution in [0.25, 0.3) is 0 Å². The van der Waals surface area contributed by atoms with Crippen LogP contribution in [0.1, 0.15) is 24.8 Å². The number of piperidine rings is 1. The number of nitrogens with one attached hydrogen (secondary N) is 1. The highest BCUT2D eigenvalue weighted by Crippen LogP contribution is 2.19. The number of aryl methyl sites for hydroxylation is 2. The molecule has 2 aromatic rings. The Morgan fingerprint density at radius 3 is 3.04 bits per heavy atom. The number of anilines is 1. The van der Waals surface area contributed by atoms with Crippen LogP contribution in [0.15, 0.2) is 30.9 Å². The lowest BCUT2D eigenvalue weighted by Gasteiger charge is -2.33. The molecule has 0 spiro atoms. The molecule has 0 aromatic carbocycles. The van der Waals surface area contributed by atoms with Crippen molar-refractivity contribution >= 4 is 11.6 Å². The van der Waals surface area contributed by atoms with Crippen LogP contribution in [0.2, 0.25) is 0 Å². The van der Waals surface area contributed by atoms with E-state index in [4.69, 9.17) is 0 Å². The SMILES string of the molecule is Cn1cc(N2CCCC(NC(=O)CCc3cncc(F)c3)C2)cn1. The Labute approximate surface area is 140 Å². The Balaban J connectivity index is 1.49. The molecule has 1 aliphatic rings. The van der Waals surface area contributed by atoms with Crippen LogP contribution in [0, 0.1) is 5.82 Å². The largest absolute Gasteiger partial charge is 0.367 e. The maximum Gasteiger partial charge on any atom is 0.220 e. The lowest BCUT2D eigenvalue weighted by atomic mass is 10.0. The van der Waals surface area contributed by atoms with Crippen molar-refractivity contribution in [1.29, 1.82) is 0 Å². The molecule has 2 aromatic heterocycles. The molecule has 6 nitrogen and oxygen atoms in total. The molecule has 1 unspecified atom stereocenters. The first-order valence-corrected chi connectivity index (χ1v) is 8.22. The number of halogens is 1. The van der Waals surface area contributed by atoms with E-state index < -0.39 is 0 Å². The van der Waals surface area contributed by atoms with Crippen molar-refractivity contribution in [3.63, 3.8) is 0 Å². The first kappa shape index (κ1) is 16.4. The van der Waals surface area contributed by atoms with Gasteiger partial charge in [-0.2, -0.15) is 5.10 Å². The molecule has 0 radical (unpaired) electrons. The number of pyridine rings is 1. The Morgan fingerprint density at radius 2 is 2.29 bits per heavy atom. The van der Waals surface area contributed by atoms with Crippen LogP contribution in [-0.2, 0) is 18.3 Å². The number of nitrogens with zero attached hydrogens (tertiary/aromatic N) is 4. The van der Waals surface area contributed by atoms with E-state index in [0.29, 0.717) is 12.8 Å². The first-order chi connectivity index (χ1) is 11.6. The van der Waals surface area contributed by atoms with Gasteiger partial charge in [0.15, 0.2) is 0 Å². The third kappa shape index (κ3) is 4.31. The number of carbonyl (C=O) groups excluding carboxylic acids is 1. The smallest absolute Gasteiger partial charge is 0.220 e. The summed E-state index contributed by atoms with van der Waals surface area (Å²) < 4.78 is 14.9. The van der Waals surface area contributed by atoms with Gasteiger partial charge in [-0.1, -0.05) is 0 Å². The van der Waals surface area contributed by atoms with Gasteiger partial charge in [-0.3, -0.25) is 14.5 Å². The summed E-state index contributed by atoms with van der Waals surface area (Å²) in [7, 11) is 1.90. The van der Waals surface area contributed by atoms with Crippen molar-refractivity contribution in [1.82, 2.24) is 20.1 Å². The summed E-state index contributed by atoms with van der Waals surface area (Å²) in [6, 6.07) is 1.56. The van der Waals surface area contributed by atoms with Gasteiger partial charge in [0.05, 0.1) is 18.1 Å². The zero-order valence-corrected chi connectivity index (χ0v) is 13.8. The Bertz CT molecular complexity index is 702. The summed E-state index contributed by atoms with van der Waals surface area (Å²) in [6.07, 6.45) is 9.45. The van der Waals surface area contributed by atoms with Crippen molar-refractivity contribution in [3.05, 3.63) is 42.2 Å². The number of carbonyl (C=O) groups is 1. The van der Waals surface area contributed by atoms with Crippen LogP contribution in [-0.4, -0.2) is 39.8 Å². The third-order valence-electron chi connectivity index (χ3n) is 4.25. The summed E-state index contributed by atoms with van der Waals surface area (Å²) in [5.74, 6) is -0.371. The monoisotopic (exact) mass is 331 g/mol. The topological polar surface area (TPSA) is 63.0 Å². The molecule has 1 aliphatic heterocycles. The molecule has 1 atom stereocenters. The van der Waals surface area contributed by atoms with Crippen molar-refractivity contribution in [2.75, 3.05) is 18.0 Å². The number of aromatic nitrogens is 3. The molecule has 128 valence electrons. The zero-order valence-electron chi connectivity index (χ0n) is 13.8. The lowest BCUT2D eigenvalue weighted by molar-refractivity contribution is -0.121. The van der Waals surface area contributed by atoms with Gasteiger partial charge in [0, 0.05) is 45.0 Å². The lowest BCUT2D eigenvalue weighted by Crippen LogP contribution is -2.47. The van der Waals surface area contributed by atoms with Crippen LogP contribution >= 0.6 is 0 Å². The number of rotatable bonds is 5. The number of hydrogen-bond acceptors (Lipinski definition) is 4. The van der Waals surface area contributed by atoms with Crippen LogP contribution < -0.4 is 10.2 Å². The quantitative estimate of drug-likeness (QED) is 0.905. The molecule has 1 fully saturated rings. The van der Waals surface area contributed by atoms with Gasteiger partial charge in [-0.15, -0.1) is 0 Å². The molecule has 7 heteroatoms. The van der Waals surface area contributed by atoms with E-state index >= 15 is 0 Å². The highest BCUT2D eigenvalue weighted by atomic mass is 19.1. The second-order valence-corrected chi connectivity index (χ2v) is 6.24. The van der Waals surface area contributed by atoms with Crippen LogP contribution in [0.4, 0.5) is 10.1 Å². The minimum absolute atomic E-state index is 0.00250. The predicted molar refractivity (Wildman–Crippen MR) is 89.1 cm³/mol. The highest BCUT2D eigenvalue weighted by Gasteiger charge is 2.22.